The number of ether oxygens (including phenoxy) is 2. The molecule has 9 heteroatoms. The molecule has 4 N–H and O–H groups in total. The first-order valence-corrected chi connectivity index (χ1v) is 13.3. The van der Waals surface area contributed by atoms with Gasteiger partial charge in [-0.2, -0.15) is 0 Å². The average molecular weight is 524 g/mol. The molecule has 2 aromatic heterocycles. The molecule has 0 saturated carbocycles. The molecular weight excluding hydrogens is 484 g/mol. The Morgan fingerprint density at radius 1 is 1.29 bits per heavy atom. The zero-order valence-corrected chi connectivity index (χ0v) is 22.5. The van der Waals surface area contributed by atoms with Gasteiger partial charge in [-0.3, -0.25) is 9.59 Å². The number of amides is 1. The fraction of sp³-hybridized carbons (Fsp3) is 0.483. The Morgan fingerprint density at radius 2 is 2.08 bits per heavy atom. The van der Waals surface area contributed by atoms with Gasteiger partial charge >= 0.3 is 0 Å². The summed E-state index contributed by atoms with van der Waals surface area (Å²) in [4.78, 5) is 31.6. The van der Waals surface area contributed by atoms with Crippen molar-refractivity contribution in [1.29, 1.82) is 0 Å². The maximum absolute atomic E-state index is 12.2. The van der Waals surface area contributed by atoms with Crippen molar-refractivity contribution in [2.24, 2.45) is 5.73 Å². The molecule has 3 atom stereocenters. The van der Waals surface area contributed by atoms with E-state index in [0.29, 0.717) is 36.4 Å². The number of primary amides is 1. The van der Waals surface area contributed by atoms with Crippen molar-refractivity contribution < 1.29 is 23.9 Å². The normalized spacial score (nSPS) is 21.9. The summed E-state index contributed by atoms with van der Waals surface area (Å²) >= 11 is 0. The Hall–Kier alpha value is -3.27. The fourth-order valence-corrected chi connectivity index (χ4v) is 5.55. The number of pyridine rings is 2. The van der Waals surface area contributed by atoms with Crippen LogP contribution in [-0.4, -0.2) is 77.1 Å². The molecule has 3 aromatic rings. The van der Waals surface area contributed by atoms with Gasteiger partial charge in [0.15, 0.2) is 6.10 Å². The Labute approximate surface area is 223 Å². The van der Waals surface area contributed by atoms with Crippen molar-refractivity contribution in [3.05, 3.63) is 70.3 Å². The number of aromatic nitrogens is 2. The van der Waals surface area contributed by atoms with E-state index in [4.69, 9.17) is 20.2 Å². The number of carbonyl (C=O) groups is 1. The number of nitrogens with two attached hydrogens (primary N) is 1. The highest BCUT2D eigenvalue weighted by Gasteiger charge is 2.57. The van der Waals surface area contributed by atoms with E-state index in [1.165, 1.54) is 6.07 Å². The molecule has 1 saturated heterocycles. The number of rotatable bonds is 11. The van der Waals surface area contributed by atoms with E-state index in [9.17, 15) is 14.7 Å². The smallest absolute Gasteiger partial charge is 0.249 e. The van der Waals surface area contributed by atoms with Crippen molar-refractivity contribution >= 4 is 16.7 Å². The van der Waals surface area contributed by atoms with Crippen LogP contribution < -0.4 is 16.0 Å². The number of nitrogens with zero attached hydrogens (tertiary/aromatic N) is 2. The number of aliphatic hydroxyl groups is 1. The second kappa shape index (κ2) is 11.6. The first-order valence-electron chi connectivity index (χ1n) is 13.3. The summed E-state index contributed by atoms with van der Waals surface area (Å²) in [5.41, 5.74) is 6.31. The van der Waals surface area contributed by atoms with Gasteiger partial charge in [0.2, 0.25) is 17.3 Å². The van der Waals surface area contributed by atoms with Crippen molar-refractivity contribution in [2.75, 3.05) is 33.9 Å². The first-order chi connectivity index (χ1) is 18.2. The highest BCUT2D eigenvalue weighted by molar-refractivity contribution is 5.87. The number of aromatic amines is 1. The number of carbonyl (C=O) groups excluding carboxylic acids is 1. The molecule has 1 unspecified atom stereocenters. The quantitative estimate of drug-likeness (QED) is 0.331. The minimum atomic E-state index is -1.17. The lowest BCUT2D eigenvalue weighted by atomic mass is 9.75. The molecule has 1 fully saturated rings. The highest BCUT2D eigenvalue weighted by Crippen LogP contribution is 2.38. The third-order valence-electron chi connectivity index (χ3n) is 7.94. The maximum atomic E-state index is 12.2. The summed E-state index contributed by atoms with van der Waals surface area (Å²) < 4.78 is 12.2. The molecule has 1 aliphatic rings. The molecule has 1 aromatic carbocycles. The van der Waals surface area contributed by atoms with Crippen molar-refractivity contribution in [3.63, 3.8) is 0 Å². The Bertz CT molecular complexity index is 1320. The first kappa shape index (κ1) is 27.8. The second-order valence-corrected chi connectivity index (χ2v) is 10.7. The van der Waals surface area contributed by atoms with Crippen LogP contribution >= 0.6 is 0 Å². The number of aliphatic hydroxyl groups excluding tert-OH is 1. The minimum Gasteiger partial charge on any atom is -0.471 e. The van der Waals surface area contributed by atoms with Gasteiger partial charge in [-0.25, -0.2) is 4.98 Å². The monoisotopic (exact) mass is 523 g/mol. The lowest BCUT2D eigenvalue weighted by molar-refractivity contribution is -0.948. The summed E-state index contributed by atoms with van der Waals surface area (Å²) in [6.45, 7) is 3.28. The minimum absolute atomic E-state index is 0.222. The van der Waals surface area contributed by atoms with Crippen molar-refractivity contribution in [1.82, 2.24) is 9.97 Å². The van der Waals surface area contributed by atoms with Gasteiger partial charge in [0, 0.05) is 36.2 Å². The third-order valence-corrected chi connectivity index (χ3v) is 7.94. The summed E-state index contributed by atoms with van der Waals surface area (Å²) in [6, 6.07) is 13.5. The van der Waals surface area contributed by atoms with E-state index in [1.807, 2.05) is 38.4 Å². The predicted octanol–water partition coefficient (Wildman–Crippen LogP) is 2.34. The van der Waals surface area contributed by atoms with Crippen LogP contribution in [-0.2, 0) is 22.4 Å². The highest BCUT2D eigenvalue weighted by atomic mass is 16.5. The van der Waals surface area contributed by atoms with Gasteiger partial charge in [-0.15, -0.1) is 0 Å². The van der Waals surface area contributed by atoms with Crippen LogP contribution in [0.2, 0.25) is 0 Å². The van der Waals surface area contributed by atoms with Gasteiger partial charge in [0.25, 0.3) is 0 Å². The number of hydrogen-bond donors (Lipinski definition) is 3. The van der Waals surface area contributed by atoms with Crippen LogP contribution in [0.1, 0.15) is 37.4 Å². The van der Waals surface area contributed by atoms with E-state index in [2.05, 4.69) is 24.0 Å². The Kier molecular flexibility index (Phi) is 8.50. The standard InChI is InChI=1S/C29H38N4O5/c1-4-5-9-22-18-21-8-6-7-10-23(21)28(32-22)38-16-14-33(2,3)29(19-20-11-13-31-24(34)17-20)12-15-37-25(26(29)35)27(30)36/h6-8,10-11,13,17-18,25-26,35H,4-5,9,12,14-16,19H2,1-3H3,(H2-,30,31,34,36)/p+1/t25?,26-,29+/m0/s1. The second-order valence-electron chi connectivity index (χ2n) is 10.7. The molecule has 1 amide bonds. The number of benzene rings is 1. The van der Waals surface area contributed by atoms with Crippen molar-refractivity contribution in [3.8, 4) is 5.88 Å². The molecule has 204 valence electrons. The summed E-state index contributed by atoms with van der Waals surface area (Å²) in [5, 5.41) is 13.6. The number of H-pyrrole nitrogens is 1. The van der Waals surface area contributed by atoms with Crippen LogP contribution in [0.5, 0.6) is 5.88 Å². The number of likely N-dealkylation sites (N-methyl/N-ethyl adjacent to an activating group) is 1. The van der Waals surface area contributed by atoms with Crippen molar-refractivity contribution in [2.45, 2.75) is 56.8 Å². The number of aryl methyl sites for hydroxylation is 1. The van der Waals surface area contributed by atoms with Crippen LogP contribution in [0.4, 0.5) is 0 Å². The lowest BCUT2D eigenvalue weighted by Gasteiger charge is -2.54. The van der Waals surface area contributed by atoms with Gasteiger partial charge in [0.05, 0.1) is 20.7 Å². The molecule has 38 heavy (non-hydrogen) atoms. The fourth-order valence-electron chi connectivity index (χ4n) is 5.55. The van der Waals surface area contributed by atoms with E-state index in [1.54, 1.807) is 6.20 Å². The summed E-state index contributed by atoms with van der Waals surface area (Å²) in [5.74, 6) is -0.108. The molecule has 0 spiro atoms. The molecule has 0 aliphatic carbocycles. The average Bonchev–Trinajstić information content (AvgIpc) is 2.88. The molecule has 9 nitrogen and oxygen atoms in total. The van der Waals surface area contributed by atoms with Gasteiger partial charge < -0.3 is 29.8 Å². The van der Waals surface area contributed by atoms with Crippen LogP contribution in [0.25, 0.3) is 10.8 Å². The number of quaternary nitrogens is 1. The molecule has 1 aliphatic heterocycles. The zero-order chi connectivity index (χ0) is 27.3. The predicted molar refractivity (Wildman–Crippen MR) is 146 cm³/mol. The summed E-state index contributed by atoms with van der Waals surface area (Å²) in [7, 11) is 4.01. The maximum Gasteiger partial charge on any atom is 0.249 e. The topological polar surface area (TPSA) is 128 Å². The Morgan fingerprint density at radius 3 is 2.82 bits per heavy atom. The van der Waals surface area contributed by atoms with Gasteiger partial charge in [-0.05, 0) is 42.0 Å². The third kappa shape index (κ3) is 5.75. The summed E-state index contributed by atoms with van der Waals surface area (Å²) in [6.07, 6.45) is 3.17. The molecule has 3 heterocycles. The lowest BCUT2D eigenvalue weighted by Crippen LogP contribution is -2.73. The van der Waals surface area contributed by atoms with Gasteiger partial charge in [0.1, 0.15) is 24.8 Å². The number of fused-ring (bicyclic) bond motifs is 1. The SMILES string of the molecule is CCCCc1cc2ccccc2c(OCC[N+](C)(C)[C@@]2(Cc3cc[nH]c(=O)c3)CCOC(C(N)=O)[C@@H]2O)n1. The van der Waals surface area contributed by atoms with E-state index < -0.39 is 23.7 Å². The Balaban J connectivity index is 1.61. The number of unbranched alkanes of at least 4 members (excludes halogenated alkanes) is 1. The molecule has 4 rings (SSSR count). The molecule has 0 bridgehead atoms. The van der Waals surface area contributed by atoms with E-state index >= 15 is 0 Å². The van der Waals surface area contributed by atoms with Gasteiger partial charge in [-0.1, -0.05) is 31.5 Å². The zero-order valence-electron chi connectivity index (χ0n) is 22.5. The van der Waals surface area contributed by atoms with E-state index in [0.717, 1.165) is 41.3 Å². The number of nitrogens with one attached hydrogen (secondary N) is 1. The largest absolute Gasteiger partial charge is 0.471 e. The molecular formula is C29H39N4O5+. The number of hydrogen-bond acceptors (Lipinski definition) is 6. The molecule has 0 radical (unpaired) electrons. The van der Waals surface area contributed by atoms with Crippen LogP contribution in [0.3, 0.4) is 0 Å². The van der Waals surface area contributed by atoms with Crippen LogP contribution in [0.15, 0.2) is 53.5 Å². The van der Waals surface area contributed by atoms with E-state index in [-0.39, 0.29) is 12.2 Å². The van der Waals surface area contributed by atoms with Crippen LogP contribution in [0, 0.1) is 0 Å².